The highest BCUT2D eigenvalue weighted by molar-refractivity contribution is 5.86. The zero-order valence-corrected chi connectivity index (χ0v) is 8.30. The van der Waals surface area contributed by atoms with E-state index in [4.69, 9.17) is 9.84 Å². The van der Waals surface area contributed by atoms with Crippen molar-refractivity contribution < 1.29 is 14.6 Å². The molecule has 0 bridgehead atoms. The molecule has 0 radical (unpaired) electrons. The quantitative estimate of drug-likeness (QED) is 0.687. The number of hydrogen-bond acceptors (Lipinski definition) is 5. The number of H-pyrrole nitrogens is 1. The zero-order valence-electron chi connectivity index (χ0n) is 8.30. The number of carbonyl (C=O) groups is 1. The van der Waals surface area contributed by atoms with Gasteiger partial charge in [0.05, 0.1) is 19.3 Å². The van der Waals surface area contributed by atoms with Gasteiger partial charge < -0.3 is 9.84 Å². The maximum atomic E-state index is 10.9. The van der Waals surface area contributed by atoms with Crippen LogP contribution in [0.5, 0.6) is 0 Å². The SMILES string of the molecule is CN1CCOCC1c1n[nH]nc1C(=O)O. The van der Waals surface area contributed by atoms with Crippen molar-refractivity contribution in [3.63, 3.8) is 0 Å². The van der Waals surface area contributed by atoms with Crippen LogP contribution in [0, 0.1) is 0 Å². The van der Waals surface area contributed by atoms with Crippen molar-refractivity contribution in [1.29, 1.82) is 0 Å². The molecule has 1 unspecified atom stereocenters. The lowest BCUT2D eigenvalue weighted by atomic mass is 10.1. The molecule has 7 heteroatoms. The third kappa shape index (κ3) is 1.83. The topological polar surface area (TPSA) is 91.3 Å². The molecule has 1 saturated heterocycles. The first-order valence-electron chi connectivity index (χ1n) is 4.62. The number of rotatable bonds is 2. The maximum absolute atomic E-state index is 10.9. The second kappa shape index (κ2) is 3.95. The van der Waals surface area contributed by atoms with Crippen molar-refractivity contribution in [2.24, 2.45) is 0 Å². The number of carboxylic acids is 1. The smallest absolute Gasteiger partial charge is 0.358 e. The van der Waals surface area contributed by atoms with Gasteiger partial charge in [0.15, 0.2) is 5.69 Å². The fourth-order valence-electron chi connectivity index (χ4n) is 1.60. The van der Waals surface area contributed by atoms with Crippen LogP contribution in [0.4, 0.5) is 0 Å². The minimum Gasteiger partial charge on any atom is -0.476 e. The van der Waals surface area contributed by atoms with Gasteiger partial charge in [-0.25, -0.2) is 4.79 Å². The molecule has 0 spiro atoms. The molecule has 0 saturated carbocycles. The van der Waals surface area contributed by atoms with E-state index in [1.54, 1.807) is 0 Å². The number of aromatic nitrogens is 3. The van der Waals surface area contributed by atoms with E-state index in [1.807, 2.05) is 11.9 Å². The highest BCUT2D eigenvalue weighted by atomic mass is 16.5. The second-order valence-electron chi connectivity index (χ2n) is 3.43. The lowest BCUT2D eigenvalue weighted by molar-refractivity contribution is 0.00300. The largest absolute Gasteiger partial charge is 0.476 e. The predicted molar refractivity (Wildman–Crippen MR) is 49.5 cm³/mol. The average molecular weight is 212 g/mol. The van der Waals surface area contributed by atoms with Crippen molar-refractivity contribution in [3.05, 3.63) is 11.4 Å². The first-order valence-corrected chi connectivity index (χ1v) is 4.62. The molecule has 15 heavy (non-hydrogen) atoms. The summed E-state index contributed by atoms with van der Waals surface area (Å²) in [7, 11) is 1.91. The van der Waals surface area contributed by atoms with Gasteiger partial charge in [-0.2, -0.15) is 10.3 Å². The number of ether oxygens (including phenoxy) is 1. The van der Waals surface area contributed by atoms with E-state index in [-0.39, 0.29) is 11.7 Å². The van der Waals surface area contributed by atoms with E-state index in [0.717, 1.165) is 6.54 Å². The monoisotopic (exact) mass is 212 g/mol. The zero-order chi connectivity index (χ0) is 10.8. The summed E-state index contributed by atoms with van der Waals surface area (Å²) in [5.41, 5.74) is 0.405. The highest BCUT2D eigenvalue weighted by Crippen LogP contribution is 2.22. The predicted octanol–water partition coefficient (Wildman–Crippen LogP) is -0.494. The van der Waals surface area contributed by atoms with Crippen LogP contribution in [0.25, 0.3) is 0 Å². The van der Waals surface area contributed by atoms with Crippen LogP contribution in [0.2, 0.25) is 0 Å². The molecule has 1 aromatic heterocycles. The molecule has 2 N–H and O–H groups in total. The van der Waals surface area contributed by atoms with Gasteiger partial charge in [0.1, 0.15) is 5.69 Å². The molecule has 0 amide bonds. The fourth-order valence-corrected chi connectivity index (χ4v) is 1.60. The summed E-state index contributed by atoms with van der Waals surface area (Å²) in [6.07, 6.45) is 0. The third-order valence-electron chi connectivity index (χ3n) is 2.49. The van der Waals surface area contributed by atoms with E-state index in [1.165, 1.54) is 0 Å². The molecule has 1 fully saturated rings. The second-order valence-corrected chi connectivity index (χ2v) is 3.43. The molecular weight excluding hydrogens is 200 g/mol. The lowest BCUT2D eigenvalue weighted by Gasteiger charge is -2.30. The summed E-state index contributed by atoms with van der Waals surface area (Å²) in [5, 5.41) is 18.7. The van der Waals surface area contributed by atoms with Gasteiger partial charge in [0.25, 0.3) is 0 Å². The Morgan fingerprint density at radius 3 is 3.13 bits per heavy atom. The Hall–Kier alpha value is -1.47. The summed E-state index contributed by atoms with van der Waals surface area (Å²) in [4.78, 5) is 12.9. The van der Waals surface area contributed by atoms with Gasteiger partial charge in [-0.15, -0.1) is 5.10 Å². The van der Waals surface area contributed by atoms with Crippen LogP contribution < -0.4 is 0 Å². The molecule has 0 aromatic carbocycles. The molecular formula is C8H12N4O3. The van der Waals surface area contributed by atoms with E-state index in [2.05, 4.69) is 15.4 Å². The molecule has 7 nitrogen and oxygen atoms in total. The van der Waals surface area contributed by atoms with Crippen LogP contribution >= 0.6 is 0 Å². The van der Waals surface area contributed by atoms with Crippen molar-refractivity contribution in [2.75, 3.05) is 26.8 Å². The number of likely N-dealkylation sites (N-methyl/N-ethyl adjacent to an activating group) is 1. The third-order valence-corrected chi connectivity index (χ3v) is 2.49. The lowest BCUT2D eigenvalue weighted by Crippen LogP contribution is -2.37. The van der Waals surface area contributed by atoms with Crippen LogP contribution in [0.3, 0.4) is 0 Å². The number of hydrogen-bond donors (Lipinski definition) is 2. The summed E-state index contributed by atoms with van der Waals surface area (Å²) >= 11 is 0. The summed E-state index contributed by atoms with van der Waals surface area (Å²) in [5.74, 6) is -1.07. The first-order chi connectivity index (χ1) is 7.20. The molecule has 1 aliphatic heterocycles. The van der Waals surface area contributed by atoms with Crippen LogP contribution in [0.1, 0.15) is 22.2 Å². The van der Waals surface area contributed by atoms with Crippen molar-refractivity contribution in [3.8, 4) is 0 Å². The Morgan fingerprint density at radius 2 is 2.47 bits per heavy atom. The van der Waals surface area contributed by atoms with Crippen molar-refractivity contribution >= 4 is 5.97 Å². The van der Waals surface area contributed by atoms with Crippen molar-refractivity contribution in [1.82, 2.24) is 20.3 Å². The Balaban J connectivity index is 2.27. The summed E-state index contributed by atoms with van der Waals surface area (Å²) < 4.78 is 5.29. The molecule has 0 aliphatic carbocycles. The summed E-state index contributed by atoms with van der Waals surface area (Å²) in [6, 6.07) is -0.136. The van der Waals surface area contributed by atoms with Gasteiger partial charge in [0, 0.05) is 6.54 Å². The van der Waals surface area contributed by atoms with E-state index in [9.17, 15) is 4.79 Å². The van der Waals surface area contributed by atoms with E-state index in [0.29, 0.717) is 18.9 Å². The molecule has 2 heterocycles. The maximum Gasteiger partial charge on any atom is 0.358 e. The number of aromatic carboxylic acids is 1. The molecule has 1 aromatic rings. The van der Waals surface area contributed by atoms with Crippen LogP contribution in [-0.2, 0) is 4.74 Å². The molecule has 1 atom stereocenters. The Morgan fingerprint density at radius 1 is 1.67 bits per heavy atom. The van der Waals surface area contributed by atoms with Gasteiger partial charge in [0.2, 0.25) is 0 Å². The minimum absolute atomic E-state index is 0.0302. The van der Waals surface area contributed by atoms with Gasteiger partial charge in [-0.3, -0.25) is 4.90 Å². The number of nitrogens with one attached hydrogen (secondary N) is 1. The van der Waals surface area contributed by atoms with E-state index >= 15 is 0 Å². The highest BCUT2D eigenvalue weighted by Gasteiger charge is 2.29. The van der Waals surface area contributed by atoms with Gasteiger partial charge in [-0.05, 0) is 7.05 Å². The van der Waals surface area contributed by atoms with Crippen molar-refractivity contribution in [2.45, 2.75) is 6.04 Å². The summed E-state index contributed by atoms with van der Waals surface area (Å²) in [6.45, 7) is 1.87. The Bertz CT molecular complexity index is 365. The van der Waals surface area contributed by atoms with E-state index < -0.39 is 5.97 Å². The molecule has 2 rings (SSSR count). The van der Waals surface area contributed by atoms with Crippen LogP contribution in [-0.4, -0.2) is 58.2 Å². The number of carboxylic acid groups (broad SMARTS) is 1. The van der Waals surface area contributed by atoms with Gasteiger partial charge >= 0.3 is 5.97 Å². The Labute approximate surface area is 86.0 Å². The molecule has 1 aliphatic rings. The first kappa shape index (κ1) is 10.1. The number of morpholine rings is 1. The minimum atomic E-state index is -1.07. The average Bonchev–Trinajstić information content (AvgIpc) is 2.67. The van der Waals surface area contributed by atoms with Gasteiger partial charge in [-0.1, -0.05) is 0 Å². The Kier molecular flexibility index (Phi) is 2.65. The standard InChI is InChI=1S/C8H12N4O3/c1-12-2-3-15-4-5(12)6-7(8(13)14)10-11-9-6/h5H,2-4H2,1H3,(H,13,14)(H,9,10,11). The number of aromatic amines is 1. The normalized spacial score (nSPS) is 22.9. The molecule has 82 valence electrons. The number of nitrogens with zero attached hydrogens (tertiary/aromatic N) is 3. The fraction of sp³-hybridized carbons (Fsp3) is 0.625. The van der Waals surface area contributed by atoms with Crippen LogP contribution in [0.15, 0.2) is 0 Å².